The Morgan fingerprint density at radius 2 is 2.00 bits per heavy atom. The van der Waals surface area contributed by atoms with E-state index in [1.54, 1.807) is 0 Å². The molecule has 0 saturated heterocycles. The van der Waals surface area contributed by atoms with Gasteiger partial charge >= 0.3 is 0 Å². The predicted octanol–water partition coefficient (Wildman–Crippen LogP) is 2.38. The fraction of sp³-hybridized carbons (Fsp3) is 0.417. The SMILES string of the molecule is O=CN1CCCCCc2ccccc21. The van der Waals surface area contributed by atoms with Crippen LogP contribution in [0, 0.1) is 0 Å². The van der Waals surface area contributed by atoms with Crippen LogP contribution < -0.4 is 4.90 Å². The Kier molecular flexibility index (Phi) is 2.82. The summed E-state index contributed by atoms with van der Waals surface area (Å²) in [6, 6.07) is 8.20. The smallest absolute Gasteiger partial charge is 0.214 e. The zero-order valence-corrected chi connectivity index (χ0v) is 8.28. The third kappa shape index (κ3) is 1.79. The maximum Gasteiger partial charge on any atom is 0.214 e. The Bertz CT molecular complexity index is 322. The summed E-state index contributed by atoms with van der Waals surface area (Å²) in [5.41, 5.74) is 2.40. The number of carbonyl (C=O) groups excluding carboxylic acids is 1. The Morgan fingerprint density at radius 3 is 2.86 bits per heavy atom. The molecule has 1 aliphatic rings. The number of amides is 1. The van der Waals surface area contributed by atoms with Crippen molar-refractivity contribution in [2.45, 2.75) is 25.7 Å². The van der Waals surface area contributed by atoms with E-state index in [1.807, 2.05) is 23.1 Å². The summed E-state index contributed by atoms with van der Waals surface area (Å²) in [5.74, 6) is 0. The fourth-order valence-corrected chi connectivity index (χ4v) is 2.01. The number of hydrogen-bond donors (Lipinski definition) is 0. The molecule has 2 rings (SSSR count). The molecule has 0 aliphatic carbocycles. The summed E-state index contributed by atoms with van der Waals surface area (Å²) in [6.45, 7) is 0.862. The molecule has 0 radical (unpaired) electrons. The minimum atomic E-state index is 0.862. The molecule has 0 spiro atoms. The van der Waals surface area contributed by atoms with Gasteiger partial charge in [-0.1, -0.05) is 24.6 Å². The van der Waals surface area contributed by atoms with E-state index in [9.17, 15) is 4.79 Å². The van der Waals surface area contributed by atoms with E-state index in [2.05, 4.69) is 6.07 Å². The summed E-state index contributed by atoms with van der Waals surface area (Å²) in [6.07, 6.45) is 5.63. The predicted molar refractivity (Wildman–Crippen MR) is 57.4 cm³/mol. The average molecular weight is 189 g/mol. The Hall–Kier alpha value is -1.31. The molecule has 1 heterocycles. The number of aryl methyl sites for hydroxylation is 1. The van der Waals surface area contributed by atoms with Gasteiger partial charge in [0.15, 0.2) is 0 Å². The number of anilines is 1. The average Bonchev–Trinajstić information content (AvgIpc) is 2.20. The van der Waals surface area contributed by atoms with Gasteiger partial charge in [-0.3, -0.25) is 4.79 Å². The van der Waals surface area contributed by atoms with Gasteiger partial charge in [0.2, 0.25) is 6.41 Å². The zero-order chi connectivity index (χ0) is 9.80. The number of rotatable bonds is 1. The van der Waals surface area contributed by atoms with Crippen LogP contribution in [0.15, 0.2) is 24.3 Å². The normalized spacial score (nSPS) is 16.7. The quantitative estimate of drug-likeness (QED) is 0.621. The molecule has 0 aromatic heterocycles. The van der Waals surface area contributed by atoms with Crippen LogP contribution in [0.4, 0.5) is 5.69 Å². The van der Waals surface area contributed by atoms with Crippen LogP contribution in [0.2, 0.25) is 0 Å². The third-order valence-corrected chi connectivity index (χ3v) is 2.77. The van der Waals surface area contributed by atoms with Gasteiger partial charge in [0.1, 0.15) is 0 Å². The van der Waals surface area contributed by atoms with E-state index < -0.39 is 0 Å². The van der Waals surface area contributed by atoms with Crippen LogP contribution in [0.3, 0.4) is 0 Å². The van der Waals surface area contributed by atoms with Crippen molar-refractivity contribution in [3.63, 3.8) is 0 Å². The molecule has 2 nitrogen and oxygen atoms in total. The fourth-order valence-electron chi connectivity index (χ4n) is 2.01. The Labute approximate surface area is 84.5 Å². The van der Waals surface area contributed by atoms with Crippen LogP contribution in [0.5, 0.6) is 0 Å². The van der Waals surface area contributed by atoms with Gasteiger partial charge in [-0.25, -0.2) is 0 Å². The Balaban J connectivity index is 2.35. The Morgan fingerprint density at radius 1 is 1.14 bits per heavy atom. The summed E-state index contributed by atoms with van der Waals surface area (Å²) in [5, 5.41) is 0. The van der Waals surface area contributed by atoms with Gasteiger partial charge in [0.25, 0.3) is 0 Å². The van der Waals surface area contributed by atoms with Crippen molar-refractivity contribution in [1.82, 2.24) is 0 Å². The third-order valence-electron chi connectivity index (χ3n) is 2.77. The molecule has 0 atom stereocenters. The highest BCUT2D eigenvalue weighted by Crippen LogP contribution is 2.24. The van der Waals surface area contributed by atoms with E-state index >= 15 is 0 Å². The largest absolute Gasteiger partial charge is 0.315 e. The highest BCUT2D eigenvalue weighted by Gasteiger charge is 2.11. The second kappa shape index (κ2) is 4.27. The van der Waals surface area contributed by atoms with Crippen molar-refractivity contribution in [2.24, 2.45) is 0 Å². The number of para-hydroxylation sites is 1. The number of benzene rings is 1. The van der Waals surface area contributed by atoms with Gasteiger partial charge in [-0.05, 0) is 30.9 Å². The van der Waals surface area contributed by atoms with E-state index in [4.69, 9.17) is 0 Å². The molecule has 0 N–H and O–H groups in total. The zero-order valence-electron chi connectivity index (χ0n) is 8.28. The first-order valence-electron chi connectivity index (χ1n) is 5.21. The van der Waals surface area contributed by atoms with E-state index in [0.29, 0.717) is 0 Å². The van der Waals surface area contributed by atoms with Crippen molar-refractivity contribution in [3.05, 3.63) is 29.8 Å². The highest BCUT2D eigenvalue weighted by atomic mass is 16.1. The van der Waals surface area contributed by atoms with Crippen molar-refractivity contribution >= 4 is 12.1 Å². The summed E-state index contributed by atoms with van der Waals surface area (Å²) in [4.78, 5) is 12.7. The van der Waals surface area contributed by atoms with E-state index in [0.717, 1.165) is 31.5 Å². The molecule has 0 fully saturated rings. The van der Waals surface area contributed by atoms with Crippen LogP contribution in [-0.4, -0.2) is 13.0 Å². The van der Waals surface area contributed by atoms with Crippen molar-refractivity contribution in [2.75, 3.05) is 11.4 Å². The number of fused-ring (bicyclic) bond motifs is 1. The second-order valence-electron chi connectivity index (χ2n) is 3.74. The first kappa shape index (κ1) is 9.25. The standard InChI is InChI=1S/C12H15NO/c14-10-13-9-5-1-2-6-11-7-3-4-8-12(11)13/h3-4,7-8,10H,1-2,5-6,9H2. The molecule has 1 aromatic carbocycles. The molecular weight excluding hydrogens is 174 g/mol. The van der Waals surface area contributed by atoms with Crippen LogP contribution >= 0.6 is 0 Å². The molecule has 2 heteroatoms. The number of nitrogens with zero attached hydrogens (tertiary/aromatic N) is 1. The molecule has 74 valence electrons. The molecule has 1 aliphatic heterocycles. The molecule has 0 unspecified atom stereocenters. The second-order valence-corrected chi connectivity index (χ2v) is 3.74. The molecule has 0 bridgehead atoms. The first-order valence-corrected chi connectivity index (χ1v) is 5.21. The topological polar surface area (TPSA) is 20.3 Å². The number of carbonyl (C=O) groups is 1. The minimum Gasteiger partial charge on any atom is -0.315 e. The monoisotopic (exact) mass is 189 g/mol. The highest BCUT2D eigenvalue weighted by molar-refractivity contribution is 5.77. The molecule has 14 heavy (non-hydrogen) atoms. The maximum absolute atomic E-state index is 10.9. The summed E-state index contributed by atoms with van der Waals surface area (Å²) in [7, 11) is 0. The lowest BCUT2D eigenvalue weighted by atomic mass is 10.0. The van der Waals surface area contributed by atoms with Crippen molar-refractivity contribution in [1.29, 1.82) is 0 Å². The van der Waals surface area contributed by atoms with E-state index in [1.165, 1.54) is 18.4 Å². The van der Waals surface area contributed by atoms with Gasteiger partial charge < -0.3 is 4.90 Å². The molecule has 1 aromatic rings. The van der Waals surface area contributed by atoms with Gasteiger partial charge in [-0.15, -0.1) is 0 Å². The van der Waals surface area contributed by atoms with Crippen molar-refractivity contribution < 1.29 is 4.79 Å². The lowest BCUT2D eigenvalue weighted by Gasteiger charge is -2.23. The minimum absolute atomic E-state index is 0.862. The maximum atomic E-state index is 10.9. The summed E-state index contributed by atoms with van der Waals surface area (Å²) < 4.78 is 0. The van der Waals surface area contributed by atoms with Gasteiger partial charge in [0.05, 0.1) is 0 Å². The van der Waals surface area contributed by atoms with Gasteiger partial charge in [0, 0.05) is 12.2 Å². The lowest BCUT2D eigenvalue weighted by Crippen LogP contribution is -2.24. The lowest BCUT2D eigenvalue weighted by molar-refractivity contribution is -0.107. The first-order chi connectivity index (χ1) is 6.92. The number of hydrogen-bond acceptors (Lipinski definition) is 1. The molecule has 1 amide bonds. The van der Waals surface area contributed by atoms with E-state index in [-0.39, 0.29) is 0 Å². The van der Waals surface area contributed by atoms with Crippen LogP contribution in [-0.2, 0) is 11.2 Å². The summed E-state index contributed by atoms with van der Waals surface area (Å²) >= 11 is 0. The van der Waals surface area contributed by atoms with Crippen LogP contribution in [0.1, 0.15) is 24.8 Å². The van der Waals surface area contributed by atoms with Gasteiger partial charge in [-0.2, -0.15) is 0 Å². The molecule has 0 saturated carbocycles. The van der Waals surface area contributed by atoms with Crippen LogP contribution in [0.25, 0.3) is 0 Å². The molecular formula is C12H15NO. The van der Waals surface area contributed by atoms with Crippen molar-refractivity contribution in [3.8, 4) is 0 Å².